The monoisotopic (exact) mass is 328 g/mol. The fraction of sp³-hybridized carbons (Fsp3) is 0.615. The summed E-state index contributed by atoms with van der Waals surface area (Å²) < 4.78 is 6.68. The average Bonchev–Trinajstić information content (AvgIpc) is 2.44. The lowest BCUT2D eigenvalue weighted by Gasteiger charge is -2.32. The molecule has 1 saturated heterocycles. The first-order valence-electron chi connectivity index (χ1n) is 6.60. The molecule has 0 radical (unpaired) electrons. The summed E-state index contributed by atoms with van der Waals surface area (Å²) >= 11 is 3.53. The van der Waals surface area contributed by atoms with Crippen molar-refractivity contribution in [3.8, 4) is 0 Å². The molecular weight excluding hydrogens is 308 g/mol. The van der Waals surface area contributed by atoms with Crippen molar-refractivity contribution in [2.75, 3.05) is 43.8 Å². The van der Waals surface area contributed by atoms with Crippen LogP contribution in [0.2, 0.25) is 0 Å². The predicted molar refractivity (Wildman–Crippen MR) is 81.4 cm³/mol. The molecule has 0 aliphatic carbocycles. The van der Waals surface area contributed by atoms with Gasteiger partial charge in [-0.2, -0.15) is 0 Å². The van der Waals surface area contributed by atoms with Gasteiger partial charge in [0.15, 0.2) is 0 Å². The predicted octanol–water partition coefficient (Wildman–Crippen LogP) is 1.87. The van der Waals surface area contributed by atoms with Gasteiger partial charge in [0.2, 0.25) is 0 Å². The number of anilines is 2. The van der Waals surface area contributed by atoms with Gasteiger partial charge in [-0.05, 0) is 35.0 Å². The van der Waals surface area contributed by atoms with Crippen LogP contribution < -0.4 is 11.1 Å². The van der Waals surface area contributed by atoms with E-state index in [4.69, 9.17) is 10.5 Å². The van der Waals surface area contributed by atoms with Crippen LogP contribution in [0.1, 0.15) is 12.5 Å². The molecule has 1 aliphatic rings. The minimum Gasteiger partial charge on any atom is -0.397 e. The van der Waals surface area contributed by atoms with Crippen molar-refractivity contribution in [1.82, 2.24) is 9.88 Å². The Labute approximate surface area is 122 Å². The van der Waals surface area contributed by atoms with Gasteiger partial charge >= 0.3 is 0 Å². The van der Waals surface area contributed by atoms with Crippen LogP contribution in [0, 0.1) is 6.92 Å². The summed E-state index contributed by atoms with van der Waals surface area (Å²) in [4.78, 5) is 6.71. The molecule has 6 heteroatoms. The molecule has 5 nitrogen and oxygen atoms in total. The first kappa shape index (κ1) is 14.6. The largest absolute Gasteiger partial charge is 0.397 e. The molecule has 2 rings (SSSR count). The van der Waals surface area contributed by atoms with E-state index in [0.717, 1.165) is 48.6 Å². The standard InChI is InChI=1S/C13H21BrN4O/c1-3-18-4-5-19-10(8-18)6-16-13-12(14)9(2)11(15)7-17-13/h7,10H,3-6,8,15H2,1-2H3,(H,16,17). The molecule has 1 aromatic heterocycles. The molecule has 1 atom stereocenters. The van der Waals surface area contributed by atoms with Gasteiger partial charge in [0, 0.05) is 19.6 Å². The molecule has 1 aliphatic heterocycles. The van der Waals surface area contributed by atoms with Crippen molar-refractivity contribution in [3.05, 3.63) is 16.2 Å². The summed E-state index contributed by atoms with van der Waals surface area (Å²) in [6, 6.07) is 0. The summed E-state index contributed by atoms with van der Waals surface area (Å²) in [7, 11) is 0. The molecule has 0 amide bonds. The Bertz CT molecular complexity index is 441. The molecule has 0 spiro atoms. The summed E-state index contributed by atoms with van der Waals surface area (Å²) in [6.45, 7) is 8.77. The highest BCUT2D eigenvalue weighted by molar-refractivity contribution is 9.10. The lowest BCUT2D eigenvalue weighted by atomic mass is 10.2. The van der Waals surface area contributed by atoms with Crippen molar-refractivity contribution in [2.45, 2.75) is 20.0 Å². The van der Waals surface area contributed by atoms with Gasteiger partial charge in [-0.3, -0.25) is 4.90 Å². The van der Waals surface area contributed by atoms with Gasteiger partial charge < -0.3 is 15.8 Å². The highest BCUT2D eigenvalue weighted by Crippen LogP contribution is 2.27. The van der Waals surface area contributed by atoms with E-state index in [1.807, 2.05) is 6.92 Å². The summed E-state index contributed by atoms with van der Waals surface area (Å²) in [5.74, 6) is 0.823. The van der Waals surface area contributed by atoms with Crippen LogP contribution in [-0.2, 0) is 4.74 Å². The fourth-order valence-electron chi connectivity index (χ4n) is 2.12. The Morgan fingerprint density at radius 2 is 2.42 bits per heavy atom. The maximum absolute atomic E-state index is 5.81. The van der Waals surface area contributed by atoms with Gasteiger partial charge in [0.05, 0.1) is 29.1 Å². The zero-order chi connectivity index (χ0) is 13.8. The molecular formula is C13H21BrN4O. The smallest absolute Gasteiger partial charge is 0.140 e. The molecule has 1 aromatic rings. The van der Waals surface area contributed by atoms with E-state index >= 15 is 0 Å². The Morgan fingerprint density at radius 3 is 3.16 bits per heavy atom. The number of rotatable bonds is 4. The highest BCUT2D eigenvalue weighted by Gasteiger charge is 2.19. The summed E-state index contributed by atoms with van der Waals surface area (Å²) in [5, 5.41) is 3.33. The number of nitrogens with two attached hydrogens (primary N) is 1. The summed E-state index contributed by atoms with van der Waals surface area (Å²) in [6.07, 6.45) is 1.89. The van der Waals surface area contributed by atoms with Crippen LogP contribution in [0.5, 0.6) is 0 Å². The van der Waals surface area contributed by atoms with Gasteiger partial charge in [0.1, 0.15) is 5.82 Å². The van der Waals surface area contributed by atoms with Gasteiger partial charge in [0.25, 0.3) is 0 Å². The van der Waals surface area contributed by atoms with Crippen molar-refractivity contribution < 1.29 is 4.74 Å². The minimum absolute atomic E-state index is 0.209. The van der Waals surface area contributed by atoms with E-state index in [-0.39, 0.29) is 6.10 Å². The molecule has 2 heterocycles. The fourth-order valence-corrected chi connectivity index (χ4v) is 2.59. The molecule has 0 aromatic carbocycles. The molecule has 1 unspecified atom stereocenters. The van der Waals surface area contributed by atoms with Crippen molar-refractivity contribution >= 4 is 27.4 Å². The summed E-state index contributed by atoms with van der Waals surface area (Å²) in [5.41, 5.74) is 7.52. The van der Waals surface area contributed by atoms with E-state index in [1.165, 1.54) is 0 Å². The number of morpholine rings is 1. The van der Waals surface area contributed by atoms with E-state index in [9.17, 15) is 0 Å². The Morgan fingerprint density at radius 1 is 1.63 bits per heavy atom. The van der Waals surface area contributed by atoms with Crippen LogP contribution in [0.4, 0.5) is 11.5 Å². The van der Waals surface area contributed by atoms with Crippen molar-refractivity contribution in [3.63, 3.8) is 0 Å². The van der Waals surface area contributed by atoms with Crippen molar-refractivity contribution in [1.29, 1.82) is 0 Å². The van der Waals surface area contributed by atoms with Crippen LogP contribution in [-0.4, -0.2) is 48.8 Å². The lowest BCUT2D eigenvalue weighted by molar-refractivity contribution is -0.0192. The normalized spacial score (nSPS) is 20.5. The maximum atomic E-state index is 5.81. The Balaban J connectivity index is 1.93. The number of pyridine rings is 1. The number of nitrogen functional groups attached to an aromatic ring is 1. The Kier molecular flexibility index (Phi) is 5.01. The number of ether oxygens (including phenoxy) is 1. The number of likely N-dealkylation sites (N-methyl/N-ethyl adjacent to an activating group) is 1. The zero-order valence-corrected chi connectivity index (χ0v) is 13.0. The zero-order valence-electron chi connectivity index (χ0n) is 11.4. The number of hydrogen-bond donors (Lipinski definition) is 2. The minimum atomic E-state index is 0.209. The second-order valence-electron chi connectivity index (χ2n) is 4.77. The molecule has 0 saturated carbocycles. The van der Waals surface area contributed by atoms with Crippen LogP contribution in [0.15, 0.2) is 10.7 Å². The van der Waals surface area contributed by atoms with Crippen LogP contribution >= 0.6 is 15.9 Å². The topological polar surface area (TPSA) is 63.4 Å². The molecule has 0 bridgehead atoms. The van der Waals surface area contributed by atoms with Gasteiger partial charge in [-0.1, -0.05) is 6.92 Å². The van der Waals surface area contributed by atoms with Gasteiger partial charge in [-0.25, -0.2) is 4.98 Å². The highest BCUT2D eigenvalue weighted by atomic mass is 79.9. The SMILES string of the molecule is CCN1CCOC(CNc2ncc(N)c(C)c2Br)C1. The van der Waals surface area contributed by atoms with E-state index in [1.54, 1.807) is 6.20 Å². The van der Waals surface area contributed by atoms with Gasteiger partial charge in [-0.15, -0.1) is 0 Å². The third-order valence-corrected chi connectivity index (χ3v) is 4.44. The second-order valence-corrected chi connectivity index (χ2v) is 5.56. The third-order valence-electron chi connectivity index (χ3n) is 3.47. The number of aromatic nitrogens is 1. The lowest BCUT2D eigenvalue weighted by Crippen LogP contribution is -2.45. The van der Waals surface area contributed by atoms with Crippen molar-refractivity contribution in [2.24, 2.45) is 0 Å². The average molecular weight is 329 g/mol. The number of nitrogens with zero attached hydrogens (tertiary/aromatic N) is 2. The number of hydrogen-bond acceptors (Lipinski definition) is 5. The molecule has 106 valence electrons. The van der Waals surface area contributed by atoms with E-state index in [2.05, 4.69) is 38.1 Å². The quantitative estimate of drug-likeness (QED) is 0.883. The number of nitrogens with one attached hydrogen (secondary N) is 1. The molecule has 19 heavy (non-hydrogen) atoms. The number of halogens is 1. The first-order valence-corrected chi connectivity index (χ1v) is 7.39. The third kappa shape index (κ3) is 3.58. The molecule has 1 fully saturated rings. The Hall–Kier alpha value is -0.850. The van der Waals surface area contributed by atoms with Crippen LogP contribution in [0.25, 0.3) is 0 Å². The van der Waals surface area contributed by atoms with E-state index in [0.29, 0.717) is 5.69 Å². The van der Waals surface area contributed by atoms with E-state index < -0.39 is 0 Å². The maximum Gasteiger partial charge on any atom is 0.140 e. The molecule has 3 N–H and O–H groups in total. The second kappa shape index (κ2) is 6.54. The van der Waals surface area contributed by atoms with Crippen LogP contribution in [0.3, 0.4) is 0 Å². The first-order chi connectivity index (χ1) is 9.11.